The number of aromatic nitrogens is 10. The number of nitrogens with zero attached hydrogens (tertiary/aromatic N) is 12. The molecule has 8 heterocycles. The van der Waals surface area contributed by atoms with E-state index < -0.39 is 77.1 Å². The number of piperidine rings is 2. The Morgan fingerprint density at radius 2 is 0.893 bits per heavy atom. The van der Waals surface area contributed by atoms with Gasteiger partial charge in [-0.25, -0.2) is 45.6 Å². The van der Waals surface area contributed by atoms with E-state index in [0.29, 0.717) is 45.9 Å². The van der Waals surface area contributed by atoms with Crippen LogP contribution in [-0.4, -0.2) is 157 Å². The maximum Gasteiger partial charge on any atom is 0.310 e. The van der Waals surface area contributed by atoms with E-state index in [1.165, 1.54) is 50.1 Å². The van der Waals surface area contributed by atoms with Gasteiger partial charge in [-0.3, -0.25) is 18.7 Å². The molecule has 0 radical (unpaired) electrons. The molecule has 84 heavy (non-hydrogen) atoms. The first kappa shape index (κ1) is 59.6. The van der Waals surface area contributed by atoms with Crippen molar-refractivity contribution in [1.82, 2.24) is 49.5 Å². The van der Waals surface area contributed by atoms with Gasteiger partial charge in [0.15, 0.2) is 54.5 Å². The van der Waals surface area contributed by atoms with Crippen LogP contribution in [0.3, 0.4) is 0 Å². The highest BCUT2D eigenvalue weighted by atomic mass is 32.2. The molecule has 4 atom stereocenters. The van der Waals surface area contributed by atoms with Crippen molar-refractivity contribution >= 4 is 43.5 Å². The Bertz CT molecular complexity index is 3490. The molecule has 10 rings (SSSR count). The number of anilines is 2. The lowest BCUT2D eigenvalue weighted by Gasteiger charge is -2.36. The van der Waals surface area contributed by atoms with Crippen LogP contribution in [0.4, 0.5) is 20.7 Å². The highest BCUT2D eigenvalue weighted by Gasteiger charge is 2.43. The summed E-state index contributed by atoms with van der Waals surface area (Å²) in [5.74, 6) is -1.90. The van der Waals surface area contributed by atoms with Crippen molar-refractivity contribution in [1.29, 1.82) is 0 Å². The molecule has 0 amide bonds. The van der Waals surface area contributed by atoms with Gasteiger partial charge in [-0.15, -0.1) is 20.4 Å². The summed E-state index contributed by atoms with van der Waals surface area (Å²) in [6.45, 7) is 3.80. The number of carbonyl (C=O) groups excluding carboxylic acids is 2. The van der Waals surface area contributed by atoms with E-state index in [-0.39, 0.29) is 87.4 Å². The number of esters is 2. The molecule has 444 valence electrons. The van der Waals surface area contributed by atoms with Crippen LogP contribution >= 0.6 is 0 Å². The molecule has 0 bridgehead atoms. The number of furan rings is 2. The molecule has 2 fully saturated rings. The number of halogens is 2. The van der Waals surface area contributed by atoms with Crippen molar-refractivity contribution in [2.75, 3.05) is 77.6 Å². The fourth-order valence-electron chi connectivity index (χ4n) is 9.87. The summed E-state index contributed by atoms with van der Waals surface area (Å²) in [6, 6.07) is 17.0. The molecule has 2 saturated heterocycles. The predicted octanol–water partition coefficient (Wildman–Crippen LogP) is 5.69. The fraction of sp³-hybridized carbons (Fsp3) is 0.370. The molecule has 2 aliphatic rings. The smallest absolute Gasteiger partial charge is 0.310 e. The number of sulfone groups is 2. The minimum Gasteiger partial charge on any atom is -0.494 e. The average Bonchev–Trinajstić information content (AvgIpc) is 2.87. The second-order valence-electron chi connectivity index (χ2n) is 19.0. The molecule has 0 unspecified atom stereocenters. The Morgan fingerprint density at radius 1 is 0.536 bits per heavy atom. The van der Waals surface area contributed by atoms with Crippen molar-refractivity contribution in [2.24, 2.45) is 11.8 Å². The second-order valence-corrected chi connectivity index (χ2v) is 23.5. The quantitative estimate of drug-likeness (QED) is 0.0827. The van der Waals surface area contributed by atoms with Crippen LogP contribution < -0.4 is 28.7 Å². The highest BCUT2D eigenvalue weighted by molar-refractivity contribution is 7.91. The topological polar surface area (TPSA) is 304 Å². The molecule has 2 aromatic carbocycles. The van der Waals surface area contributed by atoms with Crippen molar-refractivity contribution in [2.45, 2.75) is 48.7 Å². The van der Waals surface area contributed by atoms with E-state index in [9.17, 15) is 35.2 Å². The molecule has 0 spiro atoms. The molecule has 0 N–H and O–H groups in total. The first-order valence-corrected chi connectivity index (χ1v) is 29.5. The van der Waals surface area contributed by atoms with Crippen molar-refractivity contribution in [3.8, 4) is 57.5 Å². The van der Waals surface area contributed by atoms with E-state index in [2.05, 4.69) is 40.3 Å². The normalized spacial score (nSPS) is 17.2. The summed E-state index contributed by atoms with van der Waals surface area (Å²) in [7, 11) is -2.09. The molecular weight excluding hydrogens is 1140 g/mol. The minimum atomic E-state index is -4.01. The number of hydrogen-bond donors (Lipinski definition) is 0. The molecule has 8 aromatic rings. The summed E-state index contributed by atoms with van der Waals surface area (Å²) in [5.41, 5.74) is 0.775. The molecule has 6 aromatic heterocycles. The molecule has 26 nitrogen and oxygen atoms in total. The Balaban J connectivity index is 0.000000202. The summed E-state index contributed by atoms with van der Waals surface area (Å²) in [4.78, 5) is 44.6. The van der Waals surface area contributed by atoms with Crippen molar-refractivity contribution in [3.05, 3.63) is 121 Å². The zero-order valence-corrected chi connectivity index (χ0v) is 47.9. The van der Waals surface area contributed by atoms with Crippen molar-refractivity contribution < 1.29 is 72.5 Å². The summed E-state index contributed by atoms with van der Waals surface area (Å²) >= 11 is 0. The van der Waals surface area contributed by atoms with Crippen LogP contribution in [0, 0.1) is 23.5 Å². The van der Waals surface area contributed by atoms with Gasteiger partial charge >= 0.3 is 11.9 Å². The van der Waals surface area contributed by atoms with Gasteiger partial charge in [-0.1, -0.05) is 12.1 Å². The number of para-hydroxylation sites is 2. The van der Waals surface area contributed by atoms with Crippen LogP contribution in [-0.2, 0) is 50.2 Å². The summed E-state index contributed by atoms with van der Waals surface area (Å²) in [5, 5.41) is 14.9. The number of carbonyl (C=O) groups is 2. The lowest BCUT2D eigenvalue weighted by Crippen LogP contribution is -2.49. The third kappa shape index (κ3) is 12.9. The summed E-state index contributed by atoms with van der Waals surface area (Å²) < 4.78 is 130. The van der Waals surface area contributed by atoms with Gasteiger partial charge < -0.3 is 47.1 Å². The number of benzene rings is 2. The second kappa shape index (κ2) is 26.0. The lowest BCUT2D eigenvalue weighted by atomic mass is 9.98. The zero-order chi connectivity index (χ0) is 59.7. The zero-order valence-electron chi connectivity index (χ0n) is 46.3. The molecule has 0 aliphatic carbocycles. The highest BCUT2D eigenvalue weighted by Crippen LogP contribution is 2.40. The first-order chi connectivity index (χ1) is 40.5. The van der Waals surface area contributed by atoms with Gasteiger partial charge in [0.1, 0.15) is 45.9 Å². The maximum absolute atomic E-state index is 14.1. The number of methoxy groups -OCH3 is 4. The fourth-order valence-corrected chi connectivity index (χ4v) is 13.3. The number of ether oxygens (including phenoxy) is 6. The van der Waals surface area contributed by atoms with Gasteiger partial charge in [0.25, 0.3) is 0 Å². The Hall–Kier alpha value is -9.06. The van der Waals surface area contributed by atoms with Gasteiger partial charge in [0.2, 0.25) is 23.5 Å². The standard InChI is InChI=1S/2C27H29FN6O7S/c2*1-4-40-26(35)17-11-19(15-33(14-17)27-29-12-18(28)13-30-27)42(36,37)16-23-31-32-25(22-9-6-10-41-22)34(23)24-20(38-2)7-5-8-21(24)39-3/h2*5-10,12-13,17,19H,4,11,14-16H2,1-3H3/t2*17-,19+/m10/s1. The SMILES string of the molecule is CCOC(=O)[C@@H]1C[C@H](S(=O)(=O)Cc2nnc(-c3ccco3)n2-c2c(OC)cccc2OC)CN(c2ncc(F)cn2)C1.CCOC(=O)[C@H]1C[C@@H](S(=O)(=O)Cc2nnc(-c3ccco3)n2-c2c(OC)cccc2OC)CN(c2ncc(F)cn2)C1. The van der Waals surface area contributed by atoms with Crippen molar-refractivity contribution in [3.63, 3.8) is 0 Å². The van der Waals surface area contributed by atoms with Gasteiger partial charge in [0.05, 0.1) is 101 Å². The Labute approximate surface area is 480 Å². The van der Waals surface area contributed by atoms with Gasteiger partial charge in [-0.05, 0) is 75.2 Å². The maximum atomic E-state index is 14.1. The Morgan fingerprint density at radius 3 is 1.20 bits per heavy atom. The monoisotopic (exact) mass is 1200 g/mol. The minimum absolute atomic E-state index is 0.00994. The molecule has 0 saturated carbocycles. The number of rotatable bonds is 20. The molecule has 30 heteroatoms. The largest absolute Gasteiger partial charge is 0.494 e. The van der Waals surface area contributed by atoms with Crippen LogP contribution in [0.15, 0.2) is 107 Å². The number of hydrogen-bond acceptors (Lipinski definition) is 24. The van der Waals surface area contributed by atoms with E-state index in [1.54, 1.807) is 84.3 Å². The van der Waals surface area contributed by atoms with E-state index in [4.69, 9.17) is 37.3 Å². The van der Waals surface area contributed by atoms with Gasteiger partial charge in [-0.2, -0.15) is 0 Å². The Kier molecular flexibility index (Phi) is 18.5. The first-order valence-electron chi connectivity index (χ1n) is 26.1. The van der Waals surface area contributed by atoms with Crippen LogP contribution in [0.1, 0.15) is 38.3 Å². The third-order valence-electron chi connectivity index (χ3n) is 13.7. The summed E-state index contributed by atoms with van der Waals surface area (Å²) in [6.07, 6.45) is 6.89. The van der Waals surface area contributed by atoms with Gasteiger partial charge in [0, 0.05) is 26.2 Å². The van der Waals surface area contributed by atoms with E-state index in [0.717, 1.165) is 24.8 Å². The predicted molar refractivity (Wildman–Crippen MR) is 295 cm³/mol. The average molecular weight is 1200 g/mol. The third-order valence-corrected chi connectivity index (χ3v) is 17.7. The van der Waals surface area contributed by atoms with Crippen LogP contribution in [0.5, 0.6) is 23.0 Å². The van der Waals surface area contributed by atoms with E-state index in [1.807, 2.05) is 0 Å². The van der Waals surface area contributed by atoms with E-state index >= 15 is 0 Å². The van der Waals surface area contributed by atoms with Crippen LogP contribution in [0.25, 0.3) is 34.5 Å². The molecule has 2 aliphatic heterocycles. The molecular formula is C54H58F2N12O14S2. The lowest BCUT2D eigenvalue weighted by molar-refractivity contribution is -0.149. The van der Waals surface area contributed by atoms with Crippen LogP contribution in [0.2, 0.25) is 0 Å².